The number of carbonyl (C=O) groups is 1. The van der Waals surface area contributed by atoms with Gasteiger partial charge in [-0.05, 0) is 62.8 Å². The Labute approximate surface area is 130 Å². The molecule has 0 bridgehead atoms. The van der Waals surface area contributed by atoms with Gasteiger partial charge in [-0.2, -0.15) is 0 Å². The minimum Gasteiger partial charge on any atom is -0.480 e. The van der Waals surface area contributed by atoms with Crippen molar-refractivity contribution in [2.45, 2.75) is 90.6 Å². The number of hydrogen-bond acceptors (Lipinski definition) is 2. The summed E-state index contributed by atoms with van der Waals surface area (Å²) >= 11 is 0. The molecule has 2 fully saturated rings. The molecule has 2 rings (SSSR count). The van der Waals surface area contributed by atoms with Gasteiger partial charge in [-0.15, -0.1) is 0 Å². The van der Waals surface area contributed by atoms with E-state index in [4.69, 9.17) is 0 Å². The molecule has 3 heteroatoms. The lowest BCUT2D eigenvalue weighted by Gasteiger charge is -2.45. The van der Waals surface area contributed by atoms with Crippen molar-refractivity contribution in [3.8, 4) is 0 Å². The number of carboxylic acids is 1. The van der Waals surface area contributed by atoms with Crippen molar-refractivity contribution in [1.82, 2.24) is 4.90 Å². The van der Waals surface area contributed by atoms with E-state index in [0.717, 1.165) is 38.1 Å². The van der Waals surface area contributed by atoms with Crippen molar-refractivity contribution >= 4 is 5.97 Å². The first kappa shape index (κ1) is 16.8. The van der Waals surface area contributed by atoms with Gasteiger partial charge < -0.3 is 5.11 Å². The molecule has 1 aliphatic carbocycles. The monoisotopic (exact) mass is 295 g/mol. The van der Waals surface area contributed by atoms with E-state index in [1.165, 1.54) is 25.7 Å². The molecule has 0 radical (unpaired) electrons. The van der Waals surface area contributed by atoms with Gasteiger partial charge in [-0.1, -0.05) is 34.1 Å². The molecular weight excluding hydrogens is 262 g/mol. The zero-order valence-corrected chi connectivity index (χ0v) is 14.3. The molecule has 0 amide bonds. The Balaban J connectivity index is 2.06. The molecule has 21 heavy (non-hydrogen) atoms. The van der Waals surface area contributed by atoms with Crippen LogP contribution in [-0.2, 0) is 4.79 Å². The molecule has 2 aliphatic rings. The van der Waals surface area contributed by atoms with Gasteiger partial charge in [0.2, 0.25) is 0 Å². The molecule has 0 aromatic carbocycles. The largest absolute Gasteiger partial charge is 0.480 e. The minimum absolute atomic E-state index is 0.392. The van der Waals surface area contributed by atoms with Gasteiger partial charge in [0, 0.05) is 6.04 Å². The molecule has 1 unspecified atom stereocenters. The first-order valence-corrected chi connectivity index (χ1v) is 8.81. The van der Waals surface area contributed by atoms with E-state index in [-0.39, 0.29) is 0 Å². The fourth-order valence-electron chi connectivity index (χ4n) is 4.70. The number of likely N-dealkylation sites (tertiary alicyclic amines) is 1. The van der Waals surface area contributed by atoms with Gasteiger partial charge in [-0.3, -0.25) is 9.69 Å². The van der Waals surface area contributed by atoms with Crippen LogP contribution in [0.3, 0.4) is 0 Å². The van der Waals surface area contributed by atoms with Gasteiger partial charge in [-0.25, -0.2) is 0 Å². The number of nitrogens with zero attached hydrogens (tertiary/aromatic N) is 1. The molecule has 1 N–H and O–H groups in total. The van der Waals surface area contributed by atoms with E-state index >= 15 is 0 Å². The van der Waals surface area contributed by atoms with Gasteiger partial charge in [0.15, 0.2) is 0 Å². The lowest BCUT2D eigenvalue weighted by Crippen LogP contribution is -2.55. The standard InChI is InChI=1S/C18H33NO2/c1-5-11-18(16(20)21)12-6-13-19(18)15-9-7-14(8-10-15)17(2,3)4/h14-15H,5-13H2,1-4H3,(H,20,21). The molecule has 3 nitrogen and oxygen atoms in total. The topological polar surface area (TPSA) is 40.5 Å². The fraction of sp³-hybridized carbons (Fsp3) is 0.944. The quantitative estimate of drug-likeness (QED) is 0.840. The van der Waals surface area contributed by atoms with Crippen LogP contribution in [0, 0.1) is 11.3 Å². The highest BCUT2D eigenvalue weighted by Crippen LogP contribution is 2.43. The predicted molar refractivity (Wildman–Crippen MR) is 86.4 cm³/mol. The van der Waals surface area contributed by atoms with E-state index in [9.17, 15) is 9.90 Å². The molecule has 1 atom stereocenters. The third-order valence-electron chi connectivity index (χ3n) is 5.96. The fourth-order valence-corrected chi connectivity index (χ4v) is 4.70. The van der Waals surface area contributed by atoms with Gasteiger partial charge in [0.05, 0.1) is 0 Å². The Morgan fingerprint density at radius 3 is 2.33 bits per heavy atom. The van der Waals surface area contributed by atoms with Crippen LogP contribution in [-0.4, -0.2) is 34.1 Å². The third-order valence-corrected chi connectivity index (χ3v) is 5.96. The molecule has 0 aromatic rings. The van der Waals surface area contributed by atoms with E-state index < -0.39 is 11.5 Å². The van der Waals surface area contributed by atoms with Crippen LogP contribution in [0.4, 0.5) is 0 Å². The highest BCUT2D eigenvalue weighted by Gasteiger charge is 2.50. The molecule has 122 valence electrons. The van der Waals surface area contributed by atoms with Crippen LogP contribution in [0.1, 0.15) is 79.1 Å². The first-order chi connectivity index (χ1) is 9.81. The summed E-state index contributed by atoms with van der Waals surface area (Å²) in [7, 11) is 0. The number of carboxylic acid groups (broad SMARTS) is 1. The van der Waals surface area contributed by atoms with Crippen molar-refractivity contribution in [2.24, 2.45) is 11.3 Å². The molecule has 1 heterocycles. The van der Waals surface area contributed by atoms with Gasteiger partial charge in [0.25, 0.3) is 0 Å². The molecule has 1 saturated carbocycles. The maximum atomic E-state index is 11.9. The third kappa shape index (κ3) is 3.28. The Bertz CT molecular complexity index is 366. The smallest absolute Gasteiger partial charge is 0.324 e. The Morgan fingerprint density at radius 2 is 1.86 bits per heavy atom. The van der Waals surface area contributed by atoms with E-state index in [1.807, 2.05) is 0 Å². The van der Waals surface area contributed by atoms with Crippen LogP contribution in [0.2, 0.25) is 0 Å². The number of rotatable bonds is 4. The van der Waals surface area contributed by atoms with Crippen molar-refractivity contribution in [3.05, 3.63) is 0 Å². The second kappa shape index (κ2) is 6.28. The van der Waals surface area contributed by atoms with Crippen LogP contribution in [0.5, 0.6) is 0 Å². The normalized spacial score (nSPS) is 35.0. The van der Waals surface area contributed by atoms with Crippen LogP contribution >= 0.6 is 0 Å². The first-order valence-electron chi connectivity index (χ1n) is 8.81. The molecule has 1 saturated heterocycles. The summed E-state index contributed by atoms with van der Waals surface area (Å²) < 4.78 is 0. The summed E-state index contributed by atoms with van der Waals surface area (Å²) in [6.07, 6.45) is 8.53. The maximum Gasteiger partial charge on any atom is 0.324 e. The van der Waals surface area contributed by atoms with Gasteiger partial charge >= 0.3 is 5.97 Å². The Kier molecular flexibility index (Phi) is 5.02. The summed E-state index contributed by atoms with van der Waals surface area (Å²) in [6, 6.07) is 0.494. The number of aliphatic carboxylic acids is 1. The second-order valence-electron chi connectivity index (χ2n) is 8.26. The molecule has 0 spiro atoms. The average molecular weight is 295 g/mol. The van der Waals surface area contributed by atoms with Crippen molar-refractivity contribution in [1.29, 1.82) is 0 Å². The zero-order valence-electron chi connectivity index (χ0n) is 14.3. The average Bonchev–Trinajstić information content (AvgIpc) is 2.83. The number of hydrogen-bond donors (Lipinski definition) is 1. The summed E-state index contributed by atoms with van der Waals surface area (Å²) in [5, 5.41) is 9.84. The Morgan fingerprint density at radius 1 is 1.24 bits per heavy atom. The van der Waals surface area contributed by atoms with Crippen LogP contribution < -0.4 is 0 Å². The maximum absolute atomic E-state index is 11.9. The second-order valence-corrected chi connectivity index (χ2v) is 8.26. The summed E-state index contributed by atoms with van der Waals surface area (Å²) in [5.41, 5.74) is -0.169. The predicted octanol–water partition coefficient (Wildman–Crippen LogP) is 4.31. The summed E-state index contributed by atoms with van der Waals surface area (Å²) in [4.78, 5) is 14.3. The van der Waals surface area contributed by atoms with E-state index in [2.05, 4.69) is 32.6 Å². The minimum atomic E-state index is -0.584. The van der Waals surface area contributed by atoms with Crippen LogP contribution in [0.25, 0.3) is 0 Å². The lowest BCUT2D eigenvalue weighted by molar-refractivity contribution is -0.152. The van der Waals surface area contributed by atoms with E-state index in [0.29, 0.717) is 11.5 Å². The molecule has 1 aliphatic heterocycles. The van der Waals surface area contributed by atoms with Gasteiger partial charge in [0.1, 0.15) is 5.54 Å². The summed E-state index contributed by atoms with van der Waals surface area (Å²) in [5.74, 6) is 0.210. The van der Waals surface area contributed by atoms with Crippen molar-refractivity contribution in [3.63, 3.8) is 0 Å². The molecular formula is C18H33NO2. The summed E-state index contributed by atoms with van der Waals surface area (Å²) in [6.45, 7) is 10.1. The molecule has 0 aromatic heterocycles. The zero-order chi connectivity index (χ0) is 15.7. The SMILES string of the molecule is CCCC1(C(=O)O)CCCN1C1CCC(C(C)(C)C)CC1. The highest BCUT2D eigenvalue weighted by atomic mass is 16.4. The van der Waals surface area contributed by atoms with Crippen LogP contribution in [0.15, 0.2) is 0 Å². The Hall–Kier alpha value is -0.570. The lowest BCUT2D eigenvalue weighted by atomic mass is 9.70. The highest BCUT2D eigenvalue weighted by molar-refractivity contribution is 5.79. The van der Waals surface area contributed by atoms with Crippen molar-refractivity contribution < 1.29 is 9.90 Å². The van der Waals surface area contributed by atoms with Crippen molar-refractivity contribution in [2.75, 3.05) is 6.54 Å². The van der Waals surface area contributed by atoms with E-state index in [1.54, 1.807) is 0 Å².